The molecular formula is C14H15N5O3. The Balaban J connectivity index is 1.88. The zero-order chi connectivity index (χ0) is 15.5. The van der Waals surface area contributed by atoms with Gasteiger partial charge in [0.25, 0.3) is 11.6 Å². The summed E-state index contributed by atoms with van der Waals surface area (Å²) in [4.78, 5) is 25.0. The lowest BCUT2D eigenvalue weighted by molar-refractivity contribution is -0.384. The second-order valence-corrected chi connectivity index (χ2v) is 5.08. The lowest BCUT2D eigenvalue weighted by Crippen LogP contribution is -2.19. The van der Waals surface area contributed by atoms with Crippen molar-refractivity contribution in [1.29, 1.82) is 0 Å². The van der Waals surface area contributed by atoms with Gasteiger partial charge in [0.15, 0.2) is 0 Å². The van der Waals surface area contributed by atoms with E-state index < -0.39 is 10.8 Å². The number of nitrogens with zero attached hydrogens (tertiary/aromatic N) is 3. The third kappa shape index (κ3) is 2.76. The molecule has 2 aromatic rings. The van der Waals surface area contributed by atoms with Crippen LogP contribution >= 0.6 is 0 Å². The van der Waals surface area contributed by atoms with Crippen LogP contribution in [0.3, 0.4) is 0 Å². The van der Waals surface area contributed by atoms with E-state index in [1.54, 1.807) is 18.2 Å². The smallest absolute Gasteiger partial charge is 0.293 e. The molecule has 2 N–H and O–H groups in total. The van der Waals surface area contributed by atoms with Crippen molar-refractivity contribution in [1.82, 2.24) is 10.2 Å². The first-order valence-electron chi connectivity index (χ1n) is 6.99. The number of benzene rings is 1. The summed E-state index contributed by atoms with van der Waals surface area (Å²) in [5.74, 6) is 0.0246. The third-order valence-electron chi connectivity index (χ3n) is 3.63. The Bertz CT molecular complexity index is 693. The molecule has 1 aliphatic heterocycles. The van der Waals surface area contributed by atoms with E-state index in [2.05, 4.69) is 15.5 Å². The molecule has 0 radical (unpaired) electrons. The number of aromatic nitrogens is 2. The van der Waals surface area contributed by atoms with Gasteiger partial charge in [-0.1, -0.05) is 0 Å². The van der Waals surface area contributed by atoms with Crippen LogP contribution in [-0.2, 0) is 0 Å². The SMILES string of the molecule is O=C(Nc1ccn[nH]1)c1ccc(N2CCCC2)c([N+](=O)[O-])c1. The summed E-state index contributed by atoms with van der Waals surface area (Å²) in [7, 11) is 0. The normalized spacial score (nSPS) is 14.1. The zero-order valence-corrected chi connectivity index (χ0v) is 11.8. The van der Waals surface area contributed by atoms with Crippen LogP contribution in [0.15, 0.2) is 30.5 Å². The van der Waals surface area contributed by atoms with Crippen LogP contribution in [0.4, 0.5) is 17.2 Å². The second-order valence-electron chi connectivity index (χ2n) is 5.08. The molecule has 1 aromatic carbocycles. The van der Waals surface area contributed by atoms with E-state index in [1.165, 1.54) is 12.3 Å². The molecule has 1 aromatic heterocycles. The molecular weight excluding hydrogens is 286 g/mol. The first-order chi connectivity index (χ1) is 10.6. The number of H-pyrrole nitrogens is 1. The van der Waals surface area contributed by atoms with Crippen LogP contribution in [0, 0.1) is 10.1 Å². The Hall–Kier alpha value is -2.90. The number of hydrogen-bond acceptors (Lipinski definition) is 5. The number of hydrogen-bond donors (Lipinski definition) is 2. The molecule has 1 fully saturated rings. The molecule has 0 unspecified atom stereocenters. The number of rotatable bonds is 4. The fourth-order valence-electron chi connectivity index (χ4n) is 2.56. The van der Waals surface area contributed by atoms with Gasteiger partial charge in [0.2, 0.25) is 0 Å². The van der Waals surface area contributed by atoms with Crippen LogP contribution in [0.1, 0.15) is 23.2 Å². The number of nitro groups is 1. The van der Waals surface area contributed by atoms with E-state index >= 15 is 0 Å². The third-order valence-corrected chi connectivity index (χ3v) is 3.63. The minimum absolute atomic E-state index is 0.0424. The molecule has 114 valence electrons. The summed E-state index contributed by atoms with van der Waals surface area (Å²) < 4.78 is 0. The predicted octanol–water partition coefficient (Wildman–Crippen LogP) is 2.17. The minimum atomic E-state index is -0.444. The number of anilines is 2. The van der Waals surface area contributed by atoms with Crippen LogP contribution in [0.25, 0.3) is 0 Å². The molecule has 0 saturated carbocycles. The predicted molar refractivity (Wildman–Crippen MR) is 81.1 cm³/mol. The second kappa shape index (κ2) is 5.84. The minimum Gasteiger partial charge on any atom is -0.366 e. The van der Waals surface area contributed by atoms with Crippen molar-refractivity contribution in [2.24, 2.45) is 0 Å². The number of amides is 1. The van der Waals surface area contributed by atoms with Gasteiger partial charge in [-0.05, 0) is 25.0 Å². The molecule has 1 amide bonds. The van der Waals surface area contributed by atoms with Gasteiger partial charge in [-0.25, -0.2) is 0 Å². The zero-order valence-electron chi connectivity index (χ0n) is 11.8. The Labute approximate surface area is 126 Å². The average Bonchev–Trinajstić information content (AvgIpc) is 3.19. The number of aromatic amines is 1. The summed E-state index contributed by atoms with van der Waals surface area (Å²) in [5.41, 5.74) is 0.768. The highest BCUT2D eigenvalue weighted by atomic mass is 16.6. The molecule has 0 bridgehead atoms. The summed E-state index contributed by atoms with van der Waals surface area (Å²) in [5, 5.41) is 20.2. The van der Waals surface area contributed by atoms with Crippen LogP contribution < -0.4 is 10.2 Å². The monoisotopic (exact) mass is 301 g/mol. The fraction of sp³-hybridized carbons (Fsp3) is 0.286. The topological polar surface area (TPSA) is 104 Å². The van der Waals surface area contributed by atoms with Crippen molar-refractivity contribution in [3.63, 3.8) is 0 Å². The maximum absolute atomic E-state index is 12.1. The fourth-order valence-corrected chi connectivity index (χ4v) is 2.56. The van der Waals surface area contributed by atoms with Crippen molar-refractivity contribution >= 4 is 23.1 Å². The summed E-state index contributed by atoms with van der Waals surface area (Å²) >= 11 is 0. The van der Waals surface area contributed by atoms with Crippen molar-refractivity contribution in [2.45, 2.75) is 12.8 Å². The summed E-state index contributed by atoms with van der Waals surface area (Å²) in [6, 6.07) is 6.17. The Morgan fingerprint density at radius 3 is 2.73 bits per heavy atom. The number of nitro benzene ring substituents is 1. The first kappa shape index (κ1) is 14.1. The van der Waals surface area contributed by atoms with Crippen molar-refractivity contribution in [2.75, 3.05) is 23.3 Å². The van der Waals surface area contributed by atoms with Gasteiger partial charge >= 0.3 is 0 Å². The Morgan fingerprint density at radius 2 is 2.09 bits per heavy atom. The standard InChI is InChI=1S/C14H15N5O3/c20-14(16-13-5-6-15-17-13)10-3-4-11(12(9-10)19(21)22)18-7-1-2-8-18/h3-6,9H,1-2,7-8H2,(H2,15,16,17,20). The molecule has 2 heterocycles. The highest BCUT2D eigenvalue weighted by Crippen LogP contribution is 2.31. The van der Waals surface area contributed by atoms with Gasteiger partial charge in [0.05, 0.1) is 11.1 Å². The largest absolute Gasteiger partial charge is 0.366 e. The molecule has 3 rings (SSSR count). The molecule has 1 aliphatic rings. The van der Waals surface area contributed by atoms with Crippen LogP contribution in [0.2, 0.25) is 0 Å². The Morgan fingerprint density at radius 1 is 1.32 bits per heavy atom. The van der Waals surface area contributed by atoms with Crippen molar-refractivity contribution < 1.29 is 9.72 Å². The van der Waals surface area contributed by atoms with Gasteiger partial charge in [-0.3, -0.25) is 20.0 Å². The van der Waals surface area contributed by atoms with E-state index in [0.29, 0.717) is 11.5 Å². The van der Waals surface area contributed by atoms with Gasteiger partial charge < -0.3 is 10.2 Å². The lowest BCUT2D eigenvalue weighted by atomic mass is 10.1. The molecule has 0 atom stereocenters. The van der Waals surface area contributed by atoms with Gasteiger partial charge in [-0.2, -0.15) is 5.10 Å². The van der Waals surface area contributed by atoms with E-state index in [0.717, 1.165) is 25.9 Å². The lowest BCUT2D eigenvalue weighted by Gasteiger charge is -2.17. The van der Waals surface area contributed by atoms with Gasteiger partial charge in [-0.15, -0.1) is 0 Å². The van der Waals surface area contributed by atoms with E-state index in [1.807, 2.05) is 4.90 Å². The number of nitrogens with one attached hydrogen (secondary N) is 2. The average molecular weight is 301 g/mol. The van der Waals surface area contributed by atoms with Crippen LogP contribution in [-0.4, -0.2) is 34.1 Å². The van der Waals surface area contributed by atoms with Crippen molar-refractivity contribution in [3.05, 3.63) is 46.1 Å². The van der Waals surface area contributed by atoms with E-state index in [-0.39, 0.29) is 11.3 Å². The first-order valence-corrected chi connectivity index (χ1v) is 6.99. The molecule has 8 nitrogen and oxygen atoms in total. The molecule has 22 heavy (non-hydrogen) atoms. The maximum Gasteiger partial charge on any atom is 0.293 e. The maximum atomic E-state index is 12.1. The number of carbonyl (C=O) groups excluding carboxylic acids is 1. The highest BCUT2D eigenvalue weighted by molar-refractivity contribution is 6.04. The van der Waals surface area contributed by atoms with Gasteiger partial charge in [0, 0.05) is 30.8 Å². The van der Waals surface area contributed by atoms with Crippen LogP contribution in [0.5, 0.6) is 0 Å². The molecule has 8 heteroatoms. The molecule has 0 spiro atoms. The quantitative estimate of drug-likeness (QED) is 0.665. The van der Waals surface area contributed by atoms with Crippen molar-refractivity contribution in [3.8, 4) is 0 Å². The highest BCUT2D eigenvalue weighted by Gasteiger charge is 2.23. The van der Waals surface area contributed by atoms with E-state index in [9.17, 15) is 14.9 Å². The Kier molecular flexibility index (Phi) is 3.73. The summed E-state index contributed by atoms with van der Waals surface area (Å²) in [6.07, 6.45) is 3.56. The summed E-state index contributed by atoms with van der Waals surface area (Å²) in [6.45, 7) is 1.61. The molecule has 1 saturated heterocycles. The molecule has 0 aliphatic carbocycles. The van der Waals surface area contributed by atoms with E-state index in [4.69, 9.17) is 0 Å². The van der Waals surface area contributed by atoms with Gasteiger partial charge in [0.1, 0.15) is 11.5 Å². The number of carbonyl (C=O) groups is 1.